The number of aryl methyl sites for hydroxylation is 1. The predicted molar refractivity (Wildman–Crippen MR) is 133 cm³/mol. The van der Waals surface area contributed by atoms with Crippen LogP contribution in [0.2, 0.25) is 0 Å². The van der Waals surface area contributed by atoms with Gasteiger partial charge >= 0.3 is 5.97 Å². The van der Waals surface area contributed by atoms with Crippen LogP contribution in [0.5, 0.6) is 5.75 Å². The second kappa shape index (κ2) is 9.94. The van der Waals surface area contributed by atoms with Crippen molar-refractivity contribution in [2.45, 2.75) is 56.4 Å². The molecule has 10 heteroatoms. The van der Waals surface area contributed by atoms with Gasteiger partial charge in [0.1, 0.15) is 22.9 Å². The summed E-state index contributed by atoms with van der Waals surface area (Å²) in [5.41, 5.74) is 6.87. The smallest absolute Gasteiger partial charge is 0.341 e. The third kappa shape index (κ3) is 4.96. The van der Waals surface area contributed by atoms with Crippen LogP contribution in [0.1, 0.15) is 54.8 Å². The average molecular weight is 517 g/mol. The Bertz CT molecular complexity index is 1400. The number of nitrogens with two attached hydrogens (primary N) is 1. The number of sulfonamides is 1. The Balaban J connectivity index is 1.74. The molecular formula is C26H29FN2O6S. The third-order valence-corrected chi connectivity index (χ3v) is 8.31. The van der Waals surface area contributed by atoms with E-state index in [2.05, 4.69) is 4.72 Å². The molecule has 0 radical (unpaired) electrons. The van der Waals surface area contributed by atoms with Gasteiger partial charge in [-0.3, -0.25) is 4.72 Å². The van der Waals surface area contributed by atoms with E-state index in [1.165, 1.54) is 24.5 Å². The van der Waals surface area contributed by atoms with Gasteiger partial charge in [0, 0.05) is 23.1 Å². The molecule has 8 nitrogen and oxygen atoms in total. The van der Waals surface area contributed by atoms with Gasteiger partial charge in [0.05, 0.1) is 23.5 Å². The number of aromatic carboxylic acids is 1. The number of rotatable bonds is 9. The number of anilines is 1. The van der Waals surface area contributed by atoms with Crippen molar-refractivity contribution in [2.75, 3.05) is 11.3 Å². The summed E-state index contributed by atoms with van der Waals surface area (Å²) in [6, 6.07) is 8.11. The number of hydrogen-bond acceptors (Lipinski definition) is 6. The number of fused-ring (bicyclic) bond motifs is 3. The number of benzene rings is 2. The molecule has 4 rings (SSSR count). The van der Waals surface area contributed by atoms with E-state index in [-0.39, 0.29) is 40.5 Å². The summed E-state index contributed by atoms with van der Waals surface area (Å²) in [6.07, 6.45) is 4.04. The molecule has 1 aliphatic heterocycles. The van der Waals surface area contributed by atoms with Gasteiger partial charge in [-0.25, -0.2) is 17.6 Å². The average Bonchev–Trinajstić information content (AvgIpc) is 3.23. The molecule has 3 aromatic rings. The van der Waals surface area contributed by atoms with Crippen molar-refractivity contribution in [3.8, 4) is 16.9 Å². The number of carbonyl (C=O) groups is 1. The second-order valence-electron chi connectivity index (χ2n) is 8.95. The summed E-state index contributed by atoms with van der Waals surface area (Å²) in [5.74, 6) is -1.21. The molecule has 0 amide bonds. The highest BCUT2D eigenvalue weighted by molar-refractivity contribution is 7.92. The maximum absolute atomic E-state index is 14.1. The molecule has 192 valence electrons. The first-order valence-corrected chi connectivity index (χ1v) is 13.3. The van der Waals surface area contributed by atoms with E-state index < -0.39 is 27.3 Å². The molecular weight excluding hydrogens is 487 g/mol. The Morgan fingerprint density at radius 3 is 2.61 bits per heavy atom. The van der Waals surface area contributed by atoms with Crippen molar-refractivity contribution in [1.82, 2.24) is 0 Å². The molecule has 0 bridgehead atoms. The largest absolute Gasteiger partial charge is 0.491 e. The van der Waals surface area contributed by atoms with Crippen molar-refractivity contribution in [2.24, 2.45) is 5.73 Å². The summed E-state index contributed by atoms with van der Waals surface area (Å²) < 4.78 is 54.6. The maximum Gasteiger partial charge on any atom is 0.341 e. The highest BCUT2D eigenvalue weighted by Crippen LogP contribution is 2.42. The van der Waals surface area contributed by atoms with Crippen molar-refractivity contribution >= 4 is 21.7 Å². The van der Waals surface area contributed by atoms with Crippen LogP contribution >= 0.6 is 0 Å². The standard InChI is InChI=1S/C26H29FN2O6S/c1-3-26(28,4-2)12-9-16-15-17(27)5-8-22(16)36(32,33)29-20-7-6-19-18-10-13-34-21(18)11-14-35-24(19)23(20)25(30)31/h5-8,10,13,15,29H,3-4,9,11-12,14,28H2,1-2H3,(H,30,31). The van der Waals surface area contributed by atoms with Gasteiger partial charge in [0.2, 0.25) is 0 Å². The van der Waals surface area contributed by atoms with Crippen LogP contribution in [0.3, 0.4) is 0 Å². The van der Waals surface area contributed by atoms with E-state index in [0.717, 1.165) is 6.07 Å². The lowest BCUT2D eigenvalue weighted by Crippen LogP contribution is -2.38. The number of ether oxygens (including phenoxy) is 1. The van der Waals surface area contributed by atoms with Gasteiger partial charge in [-0.15, -0.1) is 0 Å². The van der Waals surface area contributed by atoms with E-state index in [1.807, 2.05) is 13.8 Å². The molecule has 0 spiro atoms. The van der Waals surface area contributed by atoms with Gasteiger partial charge < -0.3 is 20.0 Å². The van der Waals surface area contributed by atoms with E-state index in [4.69, 9.17) is 14.9 Å². The lowest BCUT2D eigenvalue weighted by Gasteiger charge is -2.27. The molecule has 0 fully saturated rings. The topological polar surface area (TPSA) is 132 Å². The zero-order valence-electron chi connectivity index (χ0n) is 20.1. The Hall–Kier alpha value is -3.37. The van der Waals surface area contributed by atoms with Gasteiger partial charge in [-0.1, -0.05) is 13.8 Å². The van der Waals surface area contributed by atoms with E-state index in [0.29, 0.717) is 42.6 Å². The minimum Gasteiger partial charge on any atom is -0.491 e. The van der Waals surface area contributed by atoms with E-state index in [1.54, 1.807) is 12.1 Å². The van der Waals surface area contributed by atoms with Crippen LogP contribution in [-0.2, 0) is 22.9 Å². The van der Waals surface area contributed by atoms with Crippen LogP contribution in [0.15, 0.2) is 52.0 Å². The van der Waals surface area contributed by atoms with Crippen molar-refractivity contribution in [3.05, 3.63) is 65.4 Å². The minimum absolute atomic E-state index is 0.0565. The fourth-order valence-electron chi connectivity index (χ4n) is 4.45. The highest BCUT2D eigenvalue weighted by atomic mass is 32.2. The van der Waals surface area contributed by atoms with Crippen LogP contribution in [0.4, 0.5) is 10.1 Å². The normalized spacial score (nSPS) is 13.3. The maximum atomic E-state index is 14.1. The lowest BCUT2D eigenvalue weighted by atomic mass is 9.87. The summed E-state index contributed by atoms with van der Waals surface area (Å²) in [5, 5.41) is 10.00. The first-order valence-electron chi connectivity index (χ1n) is 11.8. The quantitative estimate of drug-likeness (QED) is 0.366. The van der Waals surface area contributed by atoms with Gasteiger partial charge in [-0.2, -0.15) is 0 Å². The lowest BCUT2D eigenvalue weighted by molar-refractivity contribution is 0.0693. The van der Waals surface area contributed by atoms with E-state index >= 15 is 0 Å². The van der Waals surface area contributed by atoms with Gasteiger partial charge in [0.15, 0.2) is 0 Å². The fourth-order valence-corrected chi connectivity index (χ4v) is 5.78. The molecule has 2 heterocycles. The van der Waals surface area contributed by atoms with Gasteiger partial charge in [0.25, 0.3) is 10.0 Å². The molecule has 36 heavy (non-hydrogen) atoms. The summed E-state index contributed by atoms with van der Waals surface area (Å²) in [6.45, 7) is 4.07. The predicted octanol–water partition coefficient (Wildman–Crippen LogP) is 4.97. The molecule has 0 saturated heterocycles. The summed E-state index contributed by atoms with van der Waals surface area (Å²) >= 11 is 0. The monoisotopic (exact) mass is 516 g/mol. The molecule has 1 aromatic heterocycles. The van der Waals surface area contributed by atoms with Crippen LogP contribution < -0.4 is 15.2 Å². The molecule has 4 N–H and O–H groups in total. The fraction of sp³-hybridized carbons (Fsp3) is 0.346. The van der Waals surface area contributed by atoms with Crippen LogP contribution in [0, 0.1) is 5.82 Å². The number of furan rings is 1. The number of nitrogens with one attached hydrogen (secondary N) is 1. The second-order valence-corrected chi connectivity index (χ2v) is 10.6. The highest BCUT2D eigenvalue weighted by Gasteiger charge is 2.29. The number of halogens is 1. The SMILES string of the molecule is CCC(N)(CC)CCc1cc(F)ccc1S(=O)(=O)Nc1ccc2c(c1C(=O)O)OCCc1occc1-2. The minimum atomic E-state index is -4.28. The van der Waals surface area contributed by atoms with Crippen molar-refractivity contribution in [1.29, 1.82) is 0 Å². The molecule has 0 unspecified atom stereocenters. The van der Waals surface area contributed by atoms with Gasteiger partial charge in [-0.05, 0) is 67.6 Å². The molecule has 0 saturated carbocycles. The molecule has 0 atom stereocenters. The first kappa shape index (κ1) is 25.7. The van der Waals surface area contributed by atoms with Crippen molar-refractivity contribution < 1.29 is 31.9 Å². The number of hydrogen-bond donors (Lipinski definition) is 3. The summed E-state index contributed by atoms with van der Waals surface area (Å²) in [4.78, 5) is 12.1. The molecule has 2 aromatic carbocycles. The number of carboxylic acid groups (broad SMARTS) is 1. The first-order chi connectivity index (χ1) is 17.1. The van der Waals surface area contributed by atoms with Crippen LogP contribution in [0.25, 0.3) is 11.1 Å². The molecule has 1 aliphatic rings. The summed E-state index contributed by atoms with van der Waals surface area (Å²) in [7, 11) is -4.28. The molecule has 0 aliphatic carbocycles. The Morgan fingerprint density at radius 1 is 1.17 bits per heavy atom. The third-order valence-electron chi connectivity index (χ3n) is 6.84. The Labute approximate surface area is 209 Å². The van der Waals surface area contributed by atoms with E-state index in [9.17, 15) is 22.7 Å². The zero-order chi connectivity index (χ0) is 26.1. The van der Waals surface area contributed by atoms with Crippen molar-refractivity contribution in [3.63, 3.8) is 0 Å². The Morgan fingerprint density at radius 2 is 1.92 bits per heavy atom. The number of carboxylic acids is 1. The Kier molecular flexibility index (Phi) is 7.10. The van der Waals surface area contributed by atoms with Crippen LogP contribution in [-0.4, -0.2) is 31.6 Å². The zero-order valence-corrected chi connectivity index (χ0v) is 21.0.